The first kappa shape index (κ1) is 19.3. The number of nitro benzene ring substituents is 1. The fourth-order valence-electron chi connectivity index (χ4n) is 2.40. The molecular formula is C17H9Cl2FN2O4S. The summed E-state index contributed by atoms with van der Waals surface area (Å²) in [5, 5.41) is 10.3. The van der Waals surface area contributed by atoms with E-state index in [0.717, 1.165) is 11.0 Å². The molecule has 0 aliphatic carbocycles. The highest BCUT2D eigenvalue weighted by atomic mass is 35.5. The summed E-state index contributed by atoms with van der Waals surface area (Å²) in [5.41, 5.74) is -0.130. The van der Waals surface area contributed by atoms with Gasteiger partial charge < -0.3 is 0 Å². The second-order valence-electron chi connectivity index (χ2n) is 5.41. The van der Waals surface area contributed by atoms with Crippen LogP contribution >= 0.6 is 35.0 Å². The van der Waals surface area contributed by atoms with E-state index in [4.69, 9.17) is 23.2 Å². The van der Waals surface area contributed by atoms with Crippen LogP contribution in [0.3, 0.4) is 0 Å². The van der Waals surface area contributed by atoms with E-state index in [9.17, 15) is 24.1 Å². The number of benzene rings is 2. The predicted octanol–water partition coefficient (Wildman–Crippen LogP) is 5.28. The van der Waals surface area contributed by atoms with E-state index in [2.05, 4.69) is 0 Å². The monoisotopic (exact) mass is 426 g/mol. The van der Waals surface area contributed by atoms with Crippen LogP contribution in [0.15, 0.2) is 41.3 Å². The molecule has 1 heterocycles. The second kappa shape index (κ2) is 7.67. The number of hydrogen-bond acceptors (Lipinski definition) is 5. The molecule has 2 aromatic rings. The van der Waals surface area contributed by atoms with Gasteiger partial charge in [-0.2, -0.15) is 0 Å². The molecule has 138 valence electrons. The van der Waals surface area contributed by atoms with Crippen LogP contribution in [-0.2, 0) is 11.3 Å². The maximum Gasteiger partial charge on any atom is 0.293 e. The molecule has 0 bridgehead atoms. The second-order valence-corrected chi connectivity index (χ2v) is 7.19. The highest BCUT2D eigenvalue weighted by Gasteiger charge is 2.36. The maximum absolute atomic E-state index is 13.8. The minimum atomic E-state index is -0.681. The normalized spacial score (nSPS) is 15.7. The summed E-state index contributed by atoms with van der Waals surface area (Å²) in [5.74, 6) is -1.20. The lowest BCUT2D eigenvalue weighted by Crippen LogP contribution is -2.27. The number of nitro groups is 1. The summed E-state index contributed by atoms with van der Waals surface area (Å²) in [6.07, 6.45) is 1.23. The lowest BCUT2D eigenvalue weighted by atomic mass is 10.1. The van der Waals surface area contributed by atoms with Crippen LogP contribution in [0.2, 0.25) is 10.0 Å². The lowest BCUT2D eigenvalue weighted by Gasteiger charge is -2.12. The Bertz CT molecular complexity index is 1010. The summed E-state index contributed by atoms with van der Waals surface area (Å²) in [4.78, 5) is 35.9. The van der Waals surface area contributed by atoms with E-state index >= 15 is 0 Å². The van der Waals surface area contributed by atoms with Gasteiger partial charge in [0.25, 0.3) is 16.8 Å². The minimum Gasteiger partial charge on any atom is -0.268 e. The SMILES string of the molecule is O=C1S/C(=C\c2c(Cl)ccc([N+](=O)[O-])c2Cl)C(=O)N1Cc1ccccc1F. The fourth-order valence-corrected chi connectivity index (χ4v) is 3.76. The molecule has 1 saturated heterocycles. The third kappa shape index (κ3) is 3.83. The molecule has 10 heteroatoms. The van der Waals surface area contributed by atoms with Crippen LogP contribution in [0.5, 0.6) is 0 Å². The van der Waals surface area contributed by atoms with Crippen molar-refractivity contribution in [1.82, 2.24) is 4.90 Å². The van der Waals surface area contributed by atoms with Crippen LogP contribution in [0.1, 0.15) is 11.1 Å². The van der Waals surface area contributed by atoms with Crippen LogP contribution < -0.4 is 0 Å². The van der Waals surface area contributed by atoms with Crippen molar-refractivity contribution in [3.05, 3.63) is 78.4 Å². The highest BCUT2D eigenvalue weighted by Crippen LogP contribution is 2.39. The Morgan fingerprint density at radius 2 is 1.89 bits per heavy atom. The summed E-state index contributed by atoms with van der Waals surface area (Å²) in [7, 11) is 0. The third-order valence-corrected chi connectivity index (χ3v) is 5.37. The Hall–Kier alpha value is -2.42. The van der Waals surface area contributed by atoms with Crippen molar-refractivity contribution in [3.63, 3.8) is 0 Å². The average molecular weight is 427 g/mol. The quantitative estimate of drug-likeness (QED) is 0.377. The molecule has 1 fully saturated rings. The van der Waals surface area contributed by atoms with E-state index in [1.807, 2.05) is 0 Å². The van der Waals surface area contributed by atoms with Gasteiger partial charge in [0.15, 0.2) is 0 Å². The standard InChI is InChI=1S/C17H9Cl2FN2O4S/c18-11-5-6-13(22(25)26)15(19)10(11)7-14-16(23)21(17(24)27-14)8-9-3-1-2-4-12(9)20/h1-7H,8H2/b14-7-. The Kier molecular flexibility index (Phi) is 5.50. The van der Waals surface area contributed by atoms with Crippen molar-refractivity contribution in [3.8, 4) is 0 Å². The lowest BCUT2D eigenvalue weighted by molar-refractivity contribution is -0.384. The first-order valence-corrected chi connectivity index (χ1v) is 8.98. The smallest absolute Gasteiger partial charge is 0.268 e. The Morgan fingerprint density at radius 1 is 1.19 bits per heavy atom. The molecule has 0 radical (unpaired) electrons. The molecule has 2 amide bonds. The number of amides is 2. The summed E-state index contributed by atoms with van der Waals surface area (Å²) >= 11 is 12.7. The topological polar surface area (TPSA) is 80.5 Å². The average Bonchev–Trinajstić information content (AvgIpc) is 2.87. The Labute approximate surface area is 166 Å². The first-order valence-electron chi connectivity index (χ1n) is 7.40. The van der Waals surface area contributed by atoms with Gasteiger partial charge in [0.2, 0.25) is 0 Å². The number of carbonyl (C=O) groups excluding carboxylic acids is 2. The first-order chi connectivity index (χ1) is 12.8. The third-order valence-electron chi connectivity index (χ3n) is 3.74. The van der Waals surface area contributed by atoms with Gasteiger partial charge in [0.1, 0.15) is 10.8 Å². The van der Waals surface area contributed by atoms with Crippen LogP contribution in [0.4, 0.5) is 14.9 Å². The Balaban J connectivity index is 1.95. The van der Waals surface area contributed by atoms with Crippen molar-refractivity contribution in [2.75, 3.05) is 0 Å². The predicted molar refractivity (Wildman–Crippen MR) is 101 cm³/mol. The molecule has 1 aliphatic heterocycles. The number of nitrogens with zero attached hydrogens (tertiary/aromatic N) is 2. The van der Waals surface area contributed by atoms with Gasteiger partial charge in [-0.25, -0.2) is 4.39 Å². The van der Waals surface area contributed by atoms with E-state index in [0.29, 0.717) is 11.8 Å². The van der Waals surface area contributed by atoms with Crippen molar-refractivity contribution in [2.24, 2.45) is 0 Å². The van der Waals surface area contributed by atoms with Gasteiger partial charge in [-0.3, -0.25) is 24.6 Å². The number of thioether (sulfide) groups is 1. The number of imide groups is 1. The van der Waals surface area contributed by atoms with Gasteiger partial charge in [-0.1, -0.05) is 41.4 Å². The van der Waals surface area contributed by atoms with Crippen molar-refractivity contribution in [2.45, 2.75) is 6.54 Å². The van der Waals surface area contributed by atoms with Crippen molar-refractivity contribution < 1.29 is 18.9 Å². The molecule has 27 heavy (non-hydrogen) atoms. The zero-order valence-corrected chi connectivity index (χ0v) is 15.6. The van der Waals surface area contributed by atoms with Gasteiger partial charge in [0, 0.05) is 22.2 Å². The molecule has 0 unspecified atom stereocenters. The molecule has 0 N–H and O–H groups in total. The van der Waals surface area contributed by atoms with Gasteiger partial charge in [-0.05, 0) is 30.0 Å². The largest absolute Gasteiger partial charge is 0.293 e. The molecule has 2 aromatic carbocycles. The van der Waals surface area contributed by atoms with Crippen molar-refractivity contribution in [1.29, 1.82) is 0 Å². The molecular weight excluding hydrogens is 418 g/mol. The van der Waals surface area contributed by atoms with Crippen LogP contribution in [0.25, 0.3) is 6.08 Å². The molecule has 0 atom stereocenters. The van der Waals surface area contributed by atoms with Crippen molar-refractivity contribution >= 4 is 57.9 Å². The molecule has 3 rings (SSSR count). The molecule has 1 aliphatic rings. The van der Waals surface area contributed by atoms with Gasteiger partial charge in [0.05, 0.1) is 16.4 Å². The van der Waals surface area contributed by atoms with Gasteiger partial charge >= 0.3 is 0 Å². The number of carbonyl (C=O) groups is 2. The Morgan fingerprint density at radius 3 is 2.56 bits per heavy atom. The number of hydrogen-bond donors (Lipinski definition) is 0. The summed E-state index contributed by atoms with van der Waals surface area (Å²) in [6, 6.07) is 8.21. The van der Waals surface area contributed by atoms with Crippen LogP contribution in [0, 0.1) is 15.9 Å². The van der Waals surface area contributed by atoms with E-state index in [1.165, 1.54) is 30.3 Å². The number of halogens is 3. The molecule has 0 aromatic heterocycles. The summed E-state index contributed by atoms with van der Waals surface area (Å²) < 4.78 is 13.8. The molecule has 6 nitrogen and oxygen atoms in total. The van der Waals surface area contributed by atoms with Gasteiger partial charge in [-0.15, -0.1) is 0 Å². The zero-order chi connectivity index (χ0) is 19.7. The zero-order valence-electron chi connectivity index (χ0n) is 13.3. The molecule has 0 saturated carbocycles. The molecule has 0 spiro atoms. The highest BCUT2D eigenvalue weighted by molar-refractivity contribution is 8.18. The van der Waals surface area contributed by atoms with E-state index < -0.39 is 21.9 Å². The van der Waals surface area contributed by atoms with E-state index in [1.54, 1.807) is 6.07 Å². The van der Waals surface area contributed by atoms with Crippen LogP contribution in [-0.4, -0.2) is 21.0 Å². The fraction of sp³-hybridized carbons (Fsp3) is 0.0588. The maximum atomic E-state index is 13.8. The summed E-state index contributed by atoms with van der Waals surface area (Å²) in [6.45, 7) is -0.231. The minimum absolute atomic E-state index is 0.0133. The van der Waals surface area contributed by atoms with E-state index in [-0.39, 0.29) is 38.3 Å². The number of rotatable bonds is 4.